The molecule has 0 atom stereocenters. The van der Waals surface area contributed by atoms with Crippen molar-refractivity contribution in [1.82, 2.24) is 4.90 Å². The molecule has 1 aromatic rings. The third-order valence-electron chi connectivity index (χ3n) is 3.09. The van der Waals surface area contributed by atoms with Crippen molar-refractivity contribution < 1.29 is 19.4 Å². The maximum absolute atomic E-state index is 12.0. The van der Waals surface area contributed by atoms with Gasteiger partial charge in [0.05, 0.1) is 13.5 Å². The lowest BCUT2D eigenvalue weighted by atomic mass is 10.1. The standard InChI is InChI=1S/C15H21NO4/c1-3-16(10-9-15(18)19)14(17)8-7-12-5-4-6-13(11-12)20-2/h4-6,11H,3,7-10H2,1-2H3,(H,18,19). The van der Waals surface area contributed by atoms with Gasteiger partial charge >= 0.3 is 5.97 Å². The number of methoxy groups -OCH3 is 1. The molecule has 0 fully saturated rings. The summed E-state index contributed by atoms with van der Waals surface area (Å²) in [5.41, 5.74) is 1.03. The second-order valence-electron chi connectivity index (χ2n) is 4.47. The van der Waals surface area contributed by atoms with E-state index in [0.717, 1.165) is 11.3 Å². The van der Waals surface area contributed by atoms with Gasteiger partial charge in [0.1, 0.15) is 5.75 Å². The van der Waals surface area contributed by atoms with Crippen molar-refractivity contribution in [3.05, 3.63) is 29.8 Å². The van der Waals surface area contributed by atoms with Gasteiger partial charge in [-0.3, -0.25) is 9.59 Å². The molecule has 5 heteroatoms. The summed E-state index contributed by atoms with van der Waals surface area (Å²) in [6.45, 7) is 2.65. The van der Waals surface area contributed by atoms with Gasteiger partial charge in [-0.2, -0.15) is 0 Å². The lowest BCUT2D eigenvalue weighted by molar-refractivity contribution is -0.138. The Morgan fingerprint density at radius 1 is 1.30 bits per heavy atom. The van der Waals surface area contributed by atoms with Crippen molar-refractivity contribution in [2.24, 2.45) is 0 Å². The Kier molecular flexibility index (Phi) is 6.56. The van der Waals surface area contributed by atoms with E-state index in [-0.39, 0.29) is 18.9 Å². The summed E-state index contributed by atoms with van der Waals surface area (Å²) >= 11 is 0. The summed E-state index contributed by atoms with van der Waals surface area (Å²) in [7, 11) is 1.61. The van der Waals surface area contributed by atoms with Crippen LogP contribution in [-0.2, 0) is 16.0 Å². The number of carbonyl (C=O) groups is 2. The Hall–Kier alpha value is -2.04. The van der Waals surface area contributed by atoms with Crippen LogP contribution in [0.25, 0.3) is 0 Å². The van der Waals surface area contributed by atoms with Gasteiger partial charge in [-0.05, 0) is 31.0 Å². The molecule has 20 heavy (non-hydrogen) atoms. The first-order valence-corrected chi connectivity index (χ1v) is 6.69. The Morgan fingerprint density at radius 2 is 2.05 bits per heavy atom. The number of carbonyl (C=O) groups excluding carboxylic acids is 1. The second-order valence-corrected chi connectivity index (χ2v) is 4.47. The van der Waals surface area contributed by atoms with E-state index in [1.807, 2.05) is 31.2 Å². The molecule has 110 valence electrons. The number of amides is 1. The summed E-state index contributed by atoms with van der Waals surface area (Å²) < 4.78 is 5.13. The quantitative estimate of drug-likeness (QED) is 0.790. The van der Waals surface area contributed by atoms with Gasteiger partial charge in [0.2, 0.25) is 5.91 Å². The molecule has 1 aromatic carbocycles. The van der Waals surface area contributed by atoms with Crippen LogP contribution in [0.15, 0.2) is 24.3 Å². The van der Waals surface area contributed by atoms with Crippen molar-refractivity contribution in [2.75, 3.05) is 20.2 Å². The number of aryl methyl sites for hydroxylation is 1. The molecule has 0 aliphatic rings. The van der Waals surface area contributed by atoms with Crippen LogP contribution in [0.4, 0.5) is 0 Å². The second kappa shape index (κ2) is 8.19. The number of carboxylic acids is 1. The number of nitrogens with zero attached hydrogens (tertiary/aromatic N) is 1. The van der Waals surface area contributed by atoms with Crippen LogP contribution in [0.1, 0.15) is 25.3 Å². The van der Waals surface area contributed by atoms with Gasteiger partial charge < -0.3 is 14.7 Å². The van der Waals surface area contributed by atoms with Gasteiger partial charge in [-0.25, -0.2) is 0 Å². The van der Waals surface area contributed by atoms with E-state index in [4.69, 9.17) is 9.84 Å². The first kappa shape index (κ1) is 16.0. The van der Waals surface area contributed by atoms with Crippen molar-refractivity contribution >= 4 is 11.9 Å². The van der Waals surface area contributed by atoms with Crippen molar-refractivity contribution in [1.29, 1.82) is 0 Å². The third-order valence-corrected chi connectivity index (χ3v) is 3.09. The normalized spacial score (nSPS) is 10.1. The average Bonchev–Trinajstić information content (AvgIpc) is 2.45. The molecule has 5 nitrogen and oxygen atoms in total. The molecule has 0 spiro atoms. The summed E-state index contributed by atoms with van der Waals surface area (Å²) in [5, 5.41) is 8.65. The molecular weight excluding hydrogens is 258 g/mol. The van der Waals surface area contributed by atoms with Crippen LogP contribution in [0, 0.1) is 0 Å². The van der Waals surface area contributed by atoms with Crippen molar-refractivity contribution in [3.8, 4) is 5.75 Å². The molecule has 1 N–H and O–H groups in total. The summed E-state index contributed by atoms with van der Waals surface area (Å²) in [6.07, 6.45) is 0.985. The van der Waals surface area contributed by atoms with Gasteiger partial charge in [-0.1, -0.05) is 12.1 Å². The first-order valence-electron chi connectivity index (χ1n) is 6.69. The molecule has 0 bridgehead atoms. The number of benzene rings is 1. The predicted molar refractivity (Wildman–Crippen MR) is 75.8 cm³/mol. The molecule has 0 unspecified atom stereocenters. The smallest absolute Gasteiger partial charge is 0.305 e. The van der Waals surface area contributed by atoms with Gasteiger partial charge in [0.15, 0.2) is 0 Å². The highest BCUT2D eigenvalue weighted by molar-refractivity contribution is 5.77. The van der Waals surface area contributed by atoms with Crippen LogP contribution in [0.2, 0.25) is 0 Å². The molecule has 0 heterocycles. The number of rotatable bonds is 8. The number of hydrogen-bond donors (Lipinski definition) is 1. The van der Waals surface area contributed by atoms with Crippen LogP contribution in [0.5, 0.6) is 5.75 Å². The van der Waals surface area contributed by atoms with Crippen LogP contribution < -0.4 is 4.74 Å². The lowest BCUT2D eigenvalue weighted by Gasteiger charge is -2.20. The minimum Gasteiger partial charge on any atom is -0.497 e. The monoisotopic (exact) mass is 279 g/mol. The summed E-state index contributed by atoms with van der Waals surface area (Å²) in [6, 6.07) is 7.60. The average molecular weight is 279 g/mol. The Balaban J connectivity index is 2.49. The molecule has 0 aliphatic heterocycles. The Morgan fingerprint density at radius 3 is 2.65 bits per heavy atom. The van der Waals surface area contributed by atoms with Gasteiger partial charge in [0.25, 0.3) is 0 Å². The molecule has 0 saturated carbocycles. The fraction of sp³-hybridized carbons (Fsp3) is 0.467. The number of ether oxygens (including phenoxy) is 1. The van der Waals surface area contributed by atoms with E-state index >= 15 is 0 Å². The van der Waals surface area contributed by atoms with Crippen LogP contribution >= 0.6 is 0 Å². The van der Waals surface area contributed by atoms with E-state index in [9.17, 15) is 9.59 Å². The zero-order chi connectivity index (χ0) is 15.0. The maximum atomic E-state index is 12.0. The number of aliphatic carboxylic acids is 1. The van der Waals surface area contributed by atoms with E-state index in [1.165, 1.54) is 0 Å². The molecular formula is C15H21NO4. The minimum absolute atomic E-state index is 0.0151. The molecule has 1 rings (SSSR count). The highest BCUT2D eigenvalue weighted by atomic mass is 16.5. The van der Waals surface area contributed by atoms with E-state index in [1.54, 1.807) is 12.0 Å². The Bertz CT molecular complexity index is 459. The van der Waals surface area contributed by atoms with Crippen molar-refractivity contribution in [3.63, 3.8) is 0 Å². The predicted octanol–water partition coefficient (Wildman–Crippen LogP) is 1.95. The number of carboxylic acid groups (broad SMARTS) is 1. The molecule has 0 aliphatic carbocycles. The van der Waals surface area contributed by atoms with E-state index in [0.29, 0.717) is 19.4 Å². The van der Waals surface area contributed by atoms with Gasteiger partial charge in [-0.15, -0.1) is 0 Å². The highest BCUT2D eigenvalue weighted by Crippen LogP contribution is 2.14. The molecule has 0 radical (unpaired) electrons. The topological polar surface area (TPSA) is 66.8 Å². The van der Waals surface area contributed by atoms with E-state index < -0.39 is 5.97 Å². The number of hydrogen-bond acceptors (Lipinski definition) is 3. The maximum Gasteiger partial charge on any atom is 0.305 e. The minimum atomic E-state index is -0.885. The van der Waals surface area contributed by atoms with Crippen molar-refractivity contribution in [2.45, 2.75) is 26.2 Å². The molecule has 0 saturated heterocycles. The summed E-state index contributed by atoms with van der Waals surface area (Å²) in [4.78, 5) is 24.1. The van der Waals surface area contributed by atoms with Gasteiger partial charge in [0, 0.05) is 19.5 Å². The Labute approximate surface area is 119 Å². The zero-order valence-electron chi connectivity index (χ0n) is 12.0. The first-order chi connectivity index (χ1) is 9.56. The largest absolute Gasteiger partial charge is 0.497 e. The molecule has 0 aromatic heterocycles. The van der Waals surface area contributed by atoms with E-state index in [2.05, 4.69) is 0 Å². The fourth-order valence-electron chi connectivity index (χ4n) is 1.93. The molecule has 1 amide bonds. The lowest BCUT2D eigenvalue weighted by Crippen LogP contribution is -2.32. The third kappa shape index (κ3) is 5.30. The zero-order valence-corrected chi connectivity index (χ0v) is 12.0. The van der Waals surface area contributed by atoms with Crippen LogP contribution in [0.3, 0.4) is 0 Å². The highest BCUT2D eigenvalue weighted by Gasteiger charge is 2.13. The SMILES string of the molecule is CCN(CCC(=O)O)C(=O)CCc1cccc(OC)c1. The van der Waals surface area contributed by atoms with Crippen LogP contribution in [-0.4, -0.2) is 42.1 Å². The summed E-state index contributed by atoms with van der Waals surface area (Å²) in [5.74, 6) is -0.131. The fourth-order valence-corrected chi connectivity index (χ4v) is 1.93.